The number of benzene rings is 2. The average Bonchev–Trinajstić information content (AvgIpc) is 3.05. The molecule has 3 rings (SSSR count). The molecule has 0 spiro atoms. The second-order valence-corrected chi connectivity index (χ2v) is 7.62. The molecule has 0 radical (unpaired) electrons. The number of aliphatic imine (C=N–C) groups is 1. The number of rotatable bonds is 6. The molecule has 1 aliphatic heterocycles. The number of fused-ring (bicyclic) bond motifs is 1. The lowest BCUT2D eigenvalue weighted by atomic mass is 10.1. The highest BCUT2D eigenvalue weighted by atomic mass is 127. The SMILES string of the molecule is CN=C(NCCN1c2ccccc2CC1C)NCc1ccc(C(=O)N(C)C)cc1.I. The number of carbonyl (C=O) groups is 1. The van der Waals surface area contributed by atoms with E-state index in [2.05, 4.69) is 51.7 Å². The second-order valence-electron chi connectivity index (χ2n) is 7.62. The molecule has 30 heavy (non-hydrogen) atoms. The molecule has 0 saturated carbocycles. The standard InChI is InChI=1S/C23H31N5O.HI/c1-17-15-20-7-5-6-8-21(20)28(17)14-13-25-23(24-2)26-16-18-9-11-19(12-10-18)22(29)27(3)4;/h5-12,17H,13-16H2,1-4H3,(H2,24,25,26);1H. The molecule has 2 N–H and O–H groups in total. The van der Waals surface area contributed by atoms with Gasteiger partial charge < -0.3 is 20.4 Å². The van der Waals surface area contributed by atoms with Gasteiger partial charge in [-0.3, -0.25) is 9.79 Å². The fourth-order valence-corrected chi connectivity index (χ4v) is 3.69. The zero-order valence-electron chi connectivity index (χ0n) is 18.2. The van der Waals surface area contributed by atoms with Crippen molar-refractivity contribution in [3.05, 3.63) is 65.2 Å². The highest BCUT2D eigenvalue weighted by Crippen LogP contribution is 2.31. The maximum atomic E-state index is 12.0. The summed E-state index contributed by atoms with van der Waals surface area (Å²) in [5.74, 6) is 0.790. The van der Waals surface area contributed by atoms with Crippen LogP contribution in [0.1, 0.15) is 28.4 Å². The number of hydrogen-bond acceptors (Lipinski definition) is 3. The average molecular weight is 521 g/mol. The van der Waals surface area contributed by atoms with Crippen LogP contribution in [0.4, 0.5) is 5.69 Å². The van der Waals surface area contributed by atoms with Gasteiger partial charge in [0.2, 0.25) is 0 Å². The van der Waals surface area contributed by atoms with Gasteiger partial charge in [-0.2, -0.15) is 0 Å². The topological polar surface area (TPSA) is 60.0 Å². The van der Waals surface area contributed by atoms with E-state index in [1.807, 2.05) is 24.3 Å². The Morgan fingerprint density at radius 3 is 2.50 bits per heavy atom. The summed E-state index contributed by atoms with van der Waals surface area (Å²) in [4.78, 5) is 20.3. The molecule has 1 aliphatic rings. The lowest BCUT2D eigenvalue weighted by Gasteiger charge is -2.25. The van der Waals surface area contributed by atoms with Crippen molar-refractivity contribution in [2.24, 2.45) is 4.99 Å². The Labute approximate surface area is 196 Å². The fourth-order valence-electron chi connectivity index (χ4n) is 3.69. The van der Waals surface area contributed by atoms with E-state index in [1.54, 1.807) is 26.0 Å². The predicted octanol–water partition coefficient (Wildman–Crippen LogP) is 3.12. The number of guanidine groups is 1. The van der Waals surface area contributed by atoms with Gasteiger partial charge in [0.25, 0.3) is 5.91 Å². The Hall–Kier alpha value is -2.29. The van der Waals surface area contributed by atoms with Crippen molar-refractivity contribution in [1.29, 1.82) is 0 Å². The van der Waals surface area contributed by atoms with Gasteiger partial charge >= 0.3 is 0 Å². The Kier molecular flexibility index (Phi) is 8.95. The van der Waals surface area contributed by atoms with Crippen LogP contribution in [0.2, 0.25) is 0 Å². The van der Waals surface area contributed by atoms with Crippen LogP contribution in [0.3, 0.4) is 0 Å². The first-order valence-electron chi connectivity index (χ1n) is 10.1. The minimum absolute atomic E-state index is 0. The highest BCUT2D eigenvalue weighted by Gasteiger charge is 2.24. The van der Waals surface area contributed by atoms with Crippen molar-refractivity contribution >= 4 is 41.5 Å². The predicted molar refractivity (Wildman–Crippen MR) is 135 cm³/mol. The van der Waals surface area contributed by atoms with E-state index in [0.29, 0.717) is 18.2 Å². The van der Waals surface area contributed by atoms with Crippen molar-refractivity contribution in [2.45, 2.75) is 25.9 Å². The first kappa shape index (κ1) is 24.0. The zero-order valence-corrected chi connectivity index (χ0v) is 20.5. The van der Waals surface area contributed by atoms with E-state index in [1.165, 1.54) is 11.3 Å². The number of nitrogens with zero attached hydrogens (tertiary/aromatic N) is 3. The summed E-state index contributed by atoms with van der Waals surface area (Å²) < 4.78 is 0. The Morgan fingerprint density at radius 2 is 1.83 bits per heavy atom. The normalized spacial score (nSPS) is 15.3. The molecule has 1 amide bonds. The van der Waals surface area contributed by atoms with Crippen LogP contribution in [0.25, 0.3) is 0 Å². The molecule has 0 aliphatic carbocycles. The van der Waals surface area contributed by atoms with Gasteiger partial charge in [-0.15, -0.1) is 24.0 Å². The molecule has 1 heterocycles. The Bertz CT molecular complexity index is 866. The molecule has 0 fully saturated rings. The van der Waals surface area contributed by atoms with E-state index in [-0.39, 0.29) is 29.9 Å². The monoisotopic (exact) mass is 521 g/mol. The van der Waals surface area contributed by atoms with Crippen molar-refractivity contribution in [3.63, 3.8) is 0 Å². The molecule has 7 heteroatoms. The number of nitrogens with one attached hydrogen (secondary N) is 2. The third-order valence-electron chi connectivity index (χ3n) is 5.28. The van der Waals surface area contributed by atoms with Crippen molar-refractivity contribution in [3.8, 4) is 0 Å². The van der Waals surface area contributed by atoms with Crippen LogP contribution >= 0.6 is 24.0 Å². The summed E-state index contributed by atoms with van der Waals surface area (Å²) in [6.07, 6.45) is 1.11. The van der Waals surface area contributed by atoms with Crippen LogP contribution in [-0.2, 0) is 13.0 Å². The molecule has 0 aromatic heterocycles. The third-order valence-corrected chi connectivity index (χ3v) is 5.28. The van der Waals surface area contributed by atoms with E-state index < -0.39 is 0 Å². The lowest BCUT2D eigenvalue weighted by Crippen LogP contribution is -2.42. The molecule has 162 valence electrons. The summed E-state index contributed by atoms with van der Waals surface area (Å²) in [5, 5.41) is 6.74. The smallest absolute Gasteiger partial charge is 0.253 e. The second kappa shape index (κ2) is 11.2. The van der Waals surface area contributed by atoms with Gasteiger partial charge in [-0.25, -0.2) is 0 Å². The van der Waals surface area contributed by atoms with Crippen molar-refractivity contribution in [2.75, 3.05) is 39.1 Å². The third kappa shape index (κ3) is 5.87. The van der Waals surface area contributed by atoms with Crippen molar-refractivity contribution < 1.29 is 4.79 Å². The minimum atomic E-state index is 0. The van der Waals surface area contributed by atoms with Crippen LogP contribution in [0.15, 0.2) is 53.5 Å². The minimum Gasteiger partial charge on any atom is -0.367 e. The van der Waals surface area contributed by atoms with Gasteiger partial charge in [-0.1, -0.05) is 30.3 Å². The first-order valence-corrected chi connectivity index (χ1v) is 10.1. The van der Waals surface area contributed by atoms with Crippen LogP contribution < -0.4 is 15.5 Å². The summed E-state index contributed by atoms with van der Waals surface area (Å²) >= 11 is 0. The maximum Gasteiger partial charge on any atom is 0.253 e. The van der Waals surface area contributed by atoms with Gasteiger partial charge in [0.1, 0.15) is 0 Å². The number of carbonyl (C=O) groups excluding carboxylic acids is 1. The Morgan fingerprint density at radius 1 is 1.13 bits per heavy atom. The first-order chi connectivity index (χ1) is 14.0. The number of hydrogen-bond donors (Lipinski definition) is 2. The molecule has 2 aromatic rings. The maximum absolute atomic E-state index is 12.0. The lowest BCUT2D eigenvalue weighted by molar-refractivity contribution is 0.0827. The zero-order chi connectivity index (χ0) is 20.8. The number of amides is 1. The van der Waals surface area contributed by atoms with Crippen LogP contribution in [-0.4, -0.2) is 57.0 Å². The van der Waals surface area contributed by atoms with E-state index in [4.69, 9.17) is 0 Å². The van der Waals surface area contributed by atoms with E-state index in [9.17, 15) is 4.79 Å². The van der Waals surface area contributed by atoms with Crippen molar-refractivity contribution in [1.82, 2.24) is 15.5 Å². The molecule has 0 saturated heterocycles. The largest absolute Gasteiger partial charge is 0.367 e. The van der Waals surface area contributed by atoms with Gasteiger partial charge in [0.05, 0.1) is 0 Å². The van der Waals surface area contributed by atoms with E-state index >= 15 is 0 Å². The van der Waals surface area contributed by atoms with Gasteiger partial charge in [-0.05, 0) is 42.7 Å². The number of para-hydroxylation sites is 1. The van der Waals surface area contributed by atoms with Gasteiger partial charge in [0.15, 0.2) is 5.96 Å². The molecule has 6 nitrogen and oxygen atoms in total. The van der Waals surface area contributed by atoms with Crippen LogP contribution in [0, 0.1) is 0 Å². The molecule has 1 atom stereocenters. The molecule has 0 bridgehead atoms. The fraction of sp³-hybridized carbons (Fsp3) is 0.391. The summed E-state index contributed by atoms with van der Waals surface area (Å²) in [5.41, 5.74) is 4.57. The van der Waals surface area contributed by atoms with Crippen LogP contribution in [0.5, 0.6) is 0 Å². The Balaban J connectivity index is 0.00000320. The summed E-state index contributed by atoms with van der Waals surface area (Å²) in [6, 6.07) is 16.8. The number of anilines is 1. The van der Waals surface area contributed by atoms with E-state index in [0.717, 1.165) is 31.0 Å². The molecule has 1 unspecified atom stereocenters. The number of halogens is 1. The van der Waals surface area contributed by atoms with Gasteiger partial charge in [0, 0.05) is 58.1 Å². The highest BCUT2D eigenvalue weighted by molar-refractivity contribution is 14.0. The molecule has 2 aromatic carbocycles. The molecular formula is C23H32IN5O. The summed E-state index contributed by atoms with van der Waals surface area (Å²) in [7, 11) is 5.30. The summed E-state index contributed by atoms with van der Waals surface area (Å²) in [6.45, 7) is 4.67. The molecular weight excluding hydrogens is 489 g/mol. The quantitative estimate of drug-likeness (QED) is 0.349.